The summed E-state index contributed by atoms with van der Waals surface area (Å²) in [5.41, 5.74) is 2.85. The monoisotopic (exact) mass is 430 g/mol. The molecule has 0 radical (unpaired) electrons. The Morgan fingerprint density at radius 1 is 1.16 bits per heavy atom. The third-order valence-corrected chi connectivity index (χ3v) is 5.92. The number of carbonyl (C=O) groups is 1. The third kappa shape index (κ3) is 3.60. The Kier molecular flexibility index (Phi) is 4.61. The number of hydrogen-bond donors (Lipinski definition) is 2. The van der Waals surface area contributed by atoms with Crippen LogP contribution >= 0.6 is 0 Å². The predicted octanol–water partition coefficient (Wildman–Crippen LogP) is 3.86. The second kappa shape index (κ2) is 7.76. The van der Waals surface area contributed by atoms with Gasteiger partial charge < -0.3 is 14.6 Å². The maximum absolute atomic E-state index is 12.8. The normalized spacial score (nSPS) is 15.9. The molecule has 9 heteroatoms. The van der Waals surface area contributed by atoms with Gasteiger partial charge in [-0.25, -0.2) is 14.8 Å². The molecule has 1 fully saturated rings. The van der Waals surface area contributed by atoms with E-state index in [0.717, 1.165) is 66.7 Å². The van der Waals surface area contributed by atoms with E-state index >= 15 is 0 Å². The number of aromatic nitrogens is 4. The fourth-order valence-corrected chi connectivity index (χ4v) is 4.08. The fourth-order valence-electron chi connectivity index (χ4n) is 4.08. The van der Waals surface area contributed by atoms with E-state index in [4.69, 9.17) is 9.26 Å². The molecule has 6 rings (SSSR count). The Bertz CT molecular complexity index is 1310. The van der Waals surface area contributed by atoms with Crippen molar-refractivity contribution in [2.75, 3.05) is 18.4 Å². The van der Waals surface area contributed by atoms with E-state index in [1.807, 2.05) is 24.3 Å². The van der Waals surface area contributed by atoms with Crippen molar-refractivity contribution < 1.29 is 14.1 Å². The van der Waals surface area contributed by atoms with Crippen LogP contribution in [0.1, 0.15) is 35.8 Å². The lowest BCUT2D eigenvalue weighted by atomic mass is 10.1. The van der Waals surface area contributed by atoms with Gasteiger partial charge in [0, 0.05) is 42.1 Å². The molecule has 0 atom stereocenters. The molecule has 0 spiro atoms. The van der Waals surface area contributed by atoms with Crippen LogP contribution in [0.2, 0.25) is 0 Å². The van der Waals surface area contributed by atoms with E-state index in [0.29, 0.717) is 23.4 Å². The lowest BCUT2D eigenvalue weighted by Crippen LogP contribution is -2.18. The number of nitrogens with one attached hydrogen (secondary N) is 2. The molecule has 0 bridgehead atoms. The Morgan fingerprint density at radius 3 is 2.97 bits per heavy atom. The van der Waals surface area contributed by atoms with Gasteiger partial charge in [0.2, 0.25) is 5.88 Å². The quantitative estimate of drug-likeness (QED) is 0.506. The molecule has 1 amide bonds. The number of amides is 1. The van der Waals surface area contributed by atoms with Crippen LogP contribution in [0.15, 0.2) is 47.4 Å². The first-order valence-electron chi connectivity index (χ1n) is 10.8. The van der Waals surface area contributed by atoms with E-state index in [-0.39, 0.29) is 6.03 Å². The van der Waals surface area contributed by atoms with Gasteiger partial charge in [0.1, 0.15) is 17.8 Å². The van der Waals surface area contributed by atoms with Crippen LogP contribution in [0.25, 0.3) is 10.9 Å². The Hall–Kier alpha value is -3.72. The molecule has 32 heavy (non-hydrogen) atoms. The minimum absolute atomic E-state index is 0.294. The summed E-state index contributed by atoms with van der Waals surface area (Å²) in [4.78, 5) is 21.5. The number of anilines is 1. The fraction of sp³-hybridized carbons (Fsp3) is 0.304. The average Bonchev–Trinajstić information content (AvgIpc) is 3.48. The summed E-state index contributed by atoms with van der Waals surface area (Å²) in [6.07, 6.45) is 7.20. The number of ether oxygens (including phenoxy) is 1. The van der Waals surface area contributed by atoms with Crippen molar-refractivity contribution in [3.8, 4) is 11.6 Å². The average molecular weight is 430 g/mol. The van der Waals surface area contributed by atoms with Crippen LogP contribution in [0.3, 0.4) is 0 Å². The highest BCUT2D eigenvalue weighted by Crippen LogP contribution is 2.40. The molecule has 4 heterocycles. The standard InChI is InChI=1S/C23H22N6O3/c30-23(27-21-12-20(32-28-21)14-1-2-14)29-10-7-15-11-16(3-4-19(15)29)31-22-17-5-8-24-9-6-18(17)25-13-26-22/h3-4,7,10-14,24H,1-2,5-6,8-9H2,(H,27,28,30). The first kappa shape index (κ1) is 19.0. The summed E-state index contributed by atoms with van der Waals surface area (Å²) in [6, 6.07) is 9.00. The van der Waals surface area contributed by atoms with Gasteiger partial charge in [-0.1, -0.05) is 5.16 Å². The summed E-state index contributed by atoms with van der Waals surface area (Å²) >= 11 is 0. The highest BCUT2D eigenvalue weighted by atomic mass is 16.5. The molecule has 4 aromatic rings. The summed E-state index contributed by atoms with van der Waals surface area (Å²) in [5.74, 6) is 2.96. The zero-order valence-electron chi connectivity index (χ0n) is 17.4. The van der Waals surface area contributed by atoms with Crippen LogP contribution in [0.4, 0.5) is 10.6 Å². The molecule has 1 aliphatic carbocycles. The van der Waals surface area contributed by atoms with Gasteiger partial charge in [0.05, 0.1) is 11.2 Å². The van der Waals surface area contributed by atoms with Crippen LogP contribution in [-0.2, 0) is 12.8 Å². The maximum Gasteiger partial charge on any atom is 0.331 e. The molecule has 1 aromatic carbocycles. The molecule has 3 aromatic heterocycles. The number of hydrogen-bond acceptors (Lipinski definition) is 7. The minimum atomic E-state index is -0.294. The molecule has 1 saturated carbocycles. The number of rotatable bonds is 4. The molecular formula is C23H22N6O3. The van der Waals surface area contributed by atoms with Crippen molar-refractivity contribution in [2.24, 2.45) is 0 Å². The van der Waals surface area contributed by atoms with Gasteiger partial charge in [-0.2, -0.15) is 0 Å². The smallest absolute Gasteiger partial charge is 0.331 e. The molecule has 0 saturated heterocycles. The zero-order valence-corrected chi connectivity index (χ0v) is 17.4. The number of nitrogens with zero attached hydrogens (tertiary/aromatic N) is 4. The number of benzene rings is 1. The first-order valence-corrected chi connectivity index (χ1v) is 10.8. The first-order chi connectivity index (χ1) is 15.7. The van der Waals surface area contributed by atoms with Crippen LogP contribution < -0.4 is 15.4 Å². The van der Waals surface area contributed by atoms with Gasteiger partial charge >= 0.3 is 6.03 Å². The van der Waals surface area contributed by atoms with Crippen molar-refractivity contribution in [1.29, 1.82) is 0 Å². The summed E-state index contributed by atoms with van der Waals surface area (Å²) < 4.78 is 13.0. The van der Waals surface area contributed by atoms with Gasteiger partial charge in [0.15, 0.2) is 5.82 Å². The summed E-state index contributed by atoms with van der Waals surface area (Å²) in [7, 11) is 0. The zero-order chi connectivity index (χ0) is 21.5. The summed E-state index contributed by atoms with van der Waals surface area (Å²) in [5, 5.41) is 11.0. The predicted molar refractivity (Wildman–Crippen MR) is 117 cm³/mol. The molecular weight excluding hydrogens is 408 g/mol. The second-order valence-electron chi connectivity index (χ2n) is 8.18. The molecule has 162 valence electrons. The molecule has 0 unspecified atom stereocenters. The highest BCUT2D eigenvalue weighted by molar-refractivity contribution is 5.98. The highest BCUT2D eigenvalue weighted by Gasteiger charge is 2.28. The Balaban J connectivity index is 1.22. The molecule has 2 aliphatic rings. The van der Waals surface area contributed by atoms with E-state index in [9.17, 15) is 4.79 Å². The van der Waals surface area contributed by atoms with Crippen LogP contribution in [0.5, 0.6) is 11.6 Å². The van der Waals surface area contributed by atoms with E-state index in [1.54, 1.807) is 23.2 Å². The third-order valence-electron chi connectivity index (χ3n) is 5.92. The van der Waals surface area contributed by atoms with Crippen molar-refractivity contribution in [3.63, 3.8) is 0 Å². The van der Waals surface area contributed by atoms with Crippen molar-refractivity contribution in [2.45, 2.75) is 31.6 Å². The lowest BCUT2D eigenvalue weighted by Gasteiger charge is -2.11. The van der Waals surface area contributed by atoms with Crippen LogP contribution in [0, 0.1) is 0 Å². The number of fused-ring (bicyclic) bond motifs is 2. The second-order valence-corrected chi connectivity index (χ2v) is 8.18. The molecule has 2 N–H and O–H groups in total. The van der Waals surface area contributed by atoms with Gasteiger partial charge in [0.25, 0.3) is 0 Å². The minimum Gasteiger partial charge on any atom is -0.439 e. The van der Waals surface area contributed by atoms with Gasteiger partial charge in [-0.05, 0) is 50.1 Å². The van der Waals surface area contributed by atoms with Crippen molar-refractivity contribution in [1.82, 2.24) is 25.0 Å². The topological polar surface area (TPSA) is 107 Å². The Labute approximate surface area is 183 Å². The van der Waals surface area contributed by atoms with Crippen molar-refractivity contribution in [3.05, 3.63) is 59.9 Å². The van der Waals surface area contributed by atoms with Gasteiger partial charge in [-0.15, -0.1) is 0 Å². The van der Waals surface area contributed by atoms with E-state index in [2.05, 4.69) is 25.8 Å². The van der Waals surface area contributed by atoms with E-state index < -0.39 is 0 Å². The van der Waals surface area contributed by atoms with Crippen LogP contribution in [-0.4, -0.2) is 38.8 Å². The summed E-state index contributed by atoms with van der Waals surface area (Å²) in [6.45, 7) is 1.78. The SMILES string of the molecule is O=C(Nc1cc(C2CC2)on1)n1ccc2cc(Oc3ncnc4c3CCNCC4)ccc21. The number of carbonyl (C=O) groups excluding carboxylic acids is 1. The van der Waals surface area contributed by atoms with E-state index in [1.165, 1.54) is 0 Å². The molecule has 9 nitrogen and oxygen atoms in total. The maximum atomic E-state index is 12.8. The largest absolute Gasteiger partial charge is 0.439 e. The van der Waals surface area contributed by atoms with Gasteiger partial charge in [-0.3, -0.25) is 9.88 Å². The molecule has 1 aliphatic heterocycles. The Morgan fingerprint density at radius 2 is 2.06 bits per heavy atom. The lowest BCUT2D eigenvalue weighted by molar-refractivity contribution is 0.254. The van der Waals surface area contributed by atoms with Crippen molar-refractivity contribution >= 4 is 22.8 Å².